The number of anilines is 1. The normalized spacial score (nSPS) is 16.2. The van der Waals surface area contributed by atoms with Gasteiger partial charge in [0.25, 0.3) is 5.88 Å². The number of hydrogen-bond donors (Lipinski definition) is 0. The van der Waals surface area contributed by atoms with Crippen LogP contribution in [0.3, 0.4) is 0 Å². The van der Waals surface area contributed by atoms with E-state index in [2.05, 4.69) is 54.1 Å². The molecule has 31 heavy (non-hydrogen) atoms. The van der Waals surface area contributed by atoms with E-state index in [4.69, 9.17) is 14.5 Å². The maximum atomic E-state index is 5.87. The van der Waals surface area contributed by atoms with E-state index in [9.17, 15) is 0 Å². The highest BCUT2D eigenvalue weighted by Gasteiger charge is 2.51. The average Bonchev–Trinajstić information content (AvgIpc) is 3.48. The molecule has 1 fully saturated rings. The van der Waals surface area contributed by atoms with Crippen LogP contribution in [0, 0.1) is 0 Å². The standard InChI is InChI=1S/C25H30N4O2/c1-28(2)10-5-11-31-24-22(30-4)13-18(14-27-24)17-6-7-20-19(12-17)23-21(15-26-20)29(3)16-25(23)8-9-25/h6-7,12-15H,5,8-11,16H2,1-4H3. The lowest BCUT2D eigenvalue weighted by Gasteiger charge is -2.14. The first-order chi connectivity index (χ1) is 15.0. The van der Waals surface area contributed by atoms with Crippen molar-refractivity contribution in [3.63, 3.8) is 0 Å². The lowest BCUT2D eigenvalue weighted by molar-refractivity contribution is 0.259. The summed E-state index contributed by atoms with van der Waals surface area (Å²) in [5, 5.41) is 1.26. The minimum absolute atomic E-state index is 0.324. The van der Waals surface area contributed by atoms with Gasteiger partial charge in [-0.05, 0) is 62.7 Å². The van der Waals surface area contributed by atoms with Crippen LogP contribution < -0.4 is 14.4 Å². The van der Waals surface area contributed by atoms with Crippen molar-refractivity contribution in [2.24, 2.45) is 0 Å². The second-order valence-corrected chi connectivity index (χ2v) is 9.12. The van der Waals surface area contributed by atoms with Crippen LogP contribution in [0.15, 0.2) is 36.7 Å². The lowest BCUT2D eigenvalue weighted by Crippen LogP contribution is -2.18. The average molecular weight is 419 g/mol. The Balaban J connectivity index is 1.47. The highest BCUT2D eigenvalue weighted by atomic mass is 16.5. The fourth-order valence-electron chi connectivity index (χ4n) is 4.78. The molecule has 0 atom stereocenters. The van der Waals surface area contributed by atoms with Gasteiger partial charge in [-0.25, -0.2) is 4.98 Å². The predicted molar refractivity (Wildman–Crippen MR) is 124 cm³/mol. The molecule has 1 aliphatic heterocycles. The highest BCUT2D eigenvalue weighted by Crippen LogP contribution is 2.58. The number of methoxy groups -OCH3 is 1. The third kappa shape index (κ3) is 3.59. The number of likely N-dealkylation sites (N-methyl/N-ethyl adjacent to an activating group) is 1. The molecule has 0 unspecified atom stereocenters. The van der Waals surface area contributed by atoms with Crippen molar-refractivity contribution in [1.82, 2.24) is 14.9 Å². The monoisotopic (exact) mass is 418 g/mol. The third-order valence-corrected chi connectivity index (χ3v) is 6.54. The van der Waals surface area contributed by atoms with Crippen LogP contribution in [0.5, 0.6) is 11.6 Å². The zero-order valence-corrected chi connectivity index (χ0v) is 18.8. The van der Waals surface area contributed by atoms with Gasteiger partial charge in [0.05, 0.1) is 31.1 Å². The van der Waals surface area contributed by atoms with E-state index >= 15 is 0 Å². The number of nitrogens with zero attached hydrogens (tertiary/aromatic N) is 4. The van der Waals surface area contributed by atoms with Crippen molar-refractivity contribution in [2.45, 2.75) is 24.7 Å². The second-order valence-electron chi connectivity index (χ2n) is 9.12. The fourth-order valence-corrected chi connectivity index (χ4v) is 4.78. The van der Waals surface area contributed by atoms with E-state index in [0.717, 1.165) is 36.2 Å². The minimum atomic E-state index is 0.324. The van der Waals surface area contributed by atoms with Crippen LogP contribution in [-0.4, -0.2) is 62.8 Å². The molecule has 5 rings (SSSR count). The molecule has 0 N–H and O–H groups in total. The molecule has 1 spiro atoms. The van der Waals surface area contributed by atoms with Crippen LogP contribution in [0.1, 0.15) is 24.8 Å². The van der Waals surface area contributed by atoms with Gasteiger partial charge in [-0.2, -0.15) is 0 Å². The Labute approximate surface area is 183 Å². The summed E-state index contributed by atoms with van der Waals surface area (Å²) in [6.07, 6.45) is 7.39. The minimum Gasteiger partial charge on any atom is -0.491 e. The molecule has 162 valence electrons. The van der Waals surface area contributed by atoms with Crippen molar-refractivity contribution in [2.75, 3.05) is 52.8 Å². The van der Waals surface area contributed by atoms with Crippen LogP contribution in [0.25, 0.3) is 22.0 Å². The van der Waals surface area contributed by atoms with Crippen molar-refractivity contribution in [3.05, 3.63) is 42.2 Å². The van der Waals surface area contributed by atoms with Gasteiger partial charge < -0.3 is 19.3 Å². The summed E-state index contributed by atoms with van der Waals surface area (Å²) in [6, 6.07) is 8.53. The van der Waals surface area contributed by atoms with E-state index < -0.39 is 0 Å². The molecule has 2 aromatic heterocycles. The second kappa shape index (κ2) is 7.68. The SMILES string of the molecule is COc1cc(-c2ccc3ncc4c(c3c2)C2(CC2)CN4C)cnc1OCCCN(C)C. The zero-order chi connectivity index (χ0) is 21.6. The summed E-state index contributed by atoms with van der Waals surface area (Å²) in [7, 11) is 7.96. The molecule has 1 aromatic carbocycles. The zero-order valence-electron chi connectivity index (χ0n) is 18.8. The van der Waals surface area contributed by atoms with Gasteiger partial charge in [-0.1, -0.05) is 6.07 Å². The molecule has 6 nitrogen and oxygen atoms in total. The summed E-state index contributed by atoms with van der Waals surface area (Å²) in [5.74, 6) is 1.21. The largest absolute Gasteiger partial charge is 0.491 e. The van der Waals surface area contributed by atoms with E-state index in [1.807, 2.05) is 18.5 Å². The van der Waals surface area contributed by atoms with Crippen molar-refractivity contribution in [3.8, 4) is 22.8 Å². The predicted octanol–water partition coefficient (Wildman–Crippen LogP) is 4.12. The summed E-state index contributed by atoms with van der Waals surface area (Å²) >= 11 is 0. The third-order valence-electron chi connectivity index (χ3n) is 6.54. The molecular weight excluding hydrogens is 388 g/mol. The number of ether oxygens (including phenoxy) is 2. The van der Waals surface area contributed by atoms with Crippen LogP contribution in [0.2, 0.25) is 0 Å². The number of fused-ring (bicyclic) bond motifs is 4. The number of aromatic nitrogens is 2. The first-order valence-corrected chi connectivity index (χ1v) is 11.0. The van der Waals surface area contributed by atoms with Crippen LogP contribution >= 0.6 is 0 Å². The first-order valence-electron chi connectivity index (χ1n) is 11.0. The number of pyridine rings is 2. The molecule has 3 aromatic rings. The van der Waals surface area contributed by atoms with Gasteiger partial charge >= 0.3 is 0 Å². The van der Waals surface area contributed by atoms with Gasteiger partial charge in [0.15, 0.2) is 5.75 Å². The molecule has 0 saturated heterocycles. The number of benzene rings is 1. The van der Waals surface area contributed by atoms with E-state index in [1.54, 1.807) is 7.11 Å². The molecule has 3 heterocycles. The molecule has 2 aliphatic rings. The molecular formula is C25H30N4O2. The van der Waals surface area contributed by atoms with Crippen molar-refractivity contribution < 1.29 is 9.47 Å². The lowest BCUT2D eigenvalue weighted by atomic mass is 9.93. The fraction of sp³-hybridized carbons (Fsp3) is 0.440. The Morgan fingerprint density at radius 1 is 1.10 bits per heavy atom. The van der Waals surface area contributed by atoms with Crippen molar-refractivity contribution >= 4 is 16.6 Å². The maximum Gasteiger partial charge on any atom is 0.257 e. The Hall–Kier alpha value is -2.86. The van der Waals surface area contributed by atoms with Gasteiger partial charge in [0, 0.05) is 42.7 Å². The van der Waals surface area contributed by atoms with Gasteiger partial charge in [0.1, 0.15) is 0 Å². The smallest absolute Gasteiger partial charge is 0.257 e. The van der Waals surface area contributed by atoms with Crippen molar-refractivity contribution in [1.29, 1.82) is 0 Å². The summed E-state index contributed by atoms with van der Waals surface area (Å²) in [6.45, 7) is 2.69. The number of rotatable bonds is 7. The molecule has 0 amide bonds. The highest BCUT2D eigenvalue weighted by molar-refractivity contribution is 5.93. The van der Waals surface area contributed by atoms with E-state index in [1.165, 1.54) is 29.5 Å². The Bertz CT molecular complexity index is 1120. The van der Waals surface area contributed by atoms with E-state index in [0.29, 0.717) is 23.7 Å². The Morgan fingerprint density at radius 2 is 1.94 bits per heavy atom. The van der Waals surface area contributed by atoms with Gasteiger partial charge in [-0.15, -0.1) is 0 Å². The Morgan fingerprint density at radius 3 is 2.68 bits per heavy atom. The quantitative estimate of drug-likeness (QED) is 0.538. The number of hydrogen-bond acceptors (Lipinski definition) is 6. The molecule has 1 saturated carbocycles. The summed E-state index contributed by atoms with van der Waals surface area (Å²) in [5.41, 5.74) is 6.28. The molecule has 1 aliphatic carbocycles. The molecule has 0 bridgehead atoms. The maximum absolute atomic E-state index is 5.87. The topological polar surface area (TPSA) is 50.7 Å². The summed E-state index contributed by atoms with van der Waals surface area (Å²) < 4.78 is 11.5. The van der Waals surface area contributed by atoms with Gasteiger partial charge in [0.2, 0.25) is 0 Å². The van der Waals surface area contributed by atoms with Crippen LogP contribution in [-0.2, 0) is 5.41 Å². The van der Waals surface area contributed by atoms with Crippen LogP contribution in [0.4, 0.5) is 5.69 Å². The first kappa shape index (κ1) is 20.1. The van der Waals surface area contributed by atoms with E-state index in [-0.39, 0.29) is 0 Å². The Kier molecular flexibility index (Phi) is 4.97. The molecule has 0 radical (unpaired) electrons. The molecule has 6 heteroatoms. The van der Waals surface area contributed by atoms with Gasteiger partial charge in [-0.3, -0.25) is 4.98 Å². The summed E-state index contributed by atoms with van der Waals surface area (Å²) in [4.78, 5) is 13.8.